The largest absolute Gasteiger partial charge is 0.355 e. The summed E-state index contributed by atoms with van der Waals surface area (Å²) in [7, 11) is 4.08. The van der Waals surface area contributed by atoms with Crippen molar-refractivity contribution in [2.24, 2.45) is 11.3 Å². The van der Waals surface area contributed by atoms with Crippen LogP contribution in [0, 0.1) is 25.2 Å². The van der Waals surface area contributed by atoms with Crippen molar-refractivity contribution in [2.75, 3.05) is 40.3 Å². The molecule has 0 atom stereocenters. The maximum atomic E-state index is 12.9. The number of pyridine rings is 1. The van der Waals surface area contributed by atoms with Crippen molar-refractivity contribution >= 4 is 11.8 Å². The normalized spacial score (nSPS) is 15.3. The van der Waals surface area contributed by atoms with Gasteiger partial charge in [-0.2, -0.15) is 5.10 Å². The lowest BCUT2D eigenvalue weighted by molar-refractivity contribution is -0.126. The van der Waals surface area contributed by atoms with E-state index in [9.17, 15) is 9.59 Å². The average Bonchev–Trinajstić information content (AvgIpc) is 3.09. The Bertz CT molecular complexity index is 940. The summed E-state index contributed by atoms with van der Waals surface area (Å²) >= 11 is 0. The molecule has 2 aromatic heterocycles. The number of carbonyl (C=O) groups is 2. The van der Waals surface area contributed by atoms with Gasteiger partial charge in [0.1, 0.15) is 0 Å². The zero-order chi connectivity index (χ0) is 23.5. The zero-order valence-electron chi connectivity index (χ0n) is 20.2. The molecule has 8 heteroatoms. The summed E-state index contributed by atoms with van der Waals surface area (Å²) < 4.78 is 1.77. The van der Waals surface area contributed by atoms with Crippen molar-refractivity contribution in [1.29, 1.82) is 0 Å². The molecule has 0 radical (unpaired) electrons. The highest BCUT2D eigenvalue weighted by Crippen LogP contribution is 2.21. The van der Waals surface area contributed by atoms with Crippen LogP contribution in [0.4, 0.5) is 0 Å². The van der Waals surface area contributed by atoms with Crippen LogP contribution in [0.5, 0.6) is 0 Å². The number of carbonyl (C=O) groups excluding carboxylic acids is 2. The topological polar surface area (TPSA) is 83.4 Å². The highest BCUT2D eigenvalue weighted by molar-refractivity contribution is 5.94. The molecule has 0 aliphatic carbocycles. The molecule has 1 aliphatic rings. The Balaban J connectivity index is 1.52. The molecular formula is C24H36N6O2. The van der Waals surface area contributed by atoms with Crippen LogP contribution in [-0.4, -0.2) is 76.7 Å². The standard InChI is InChI=1S/C24H36N6O2/c1-17-13-18(2)30(27-17)21-8-7-20(14-25-21)23(32)29-11-9-19(10-12-29)22(31)26-15-24(3,4)16-28(5)6/h7-8,13-14,19H,9-12,15-16H2,1-6H3,(H,26,31). The van der Waals surface area contributed by atoms with E-state index in [4.69, 9.17) is 0 Å². The number of rotatable bonds is 7. The molecule has 0 bridgehead atoms. The van der Waals surface area contributed by atoms with Crippen molar-refractivity contribution in [1.82, 2.24) is 29.9 Å². The smallest absolute Gasteiger partial charge is 0.255 e. The molecule has 0 aromatic carbocycles. The monoisotopic (exact) mass is 440 g/mol. The van der Waals surface area contributed by atoms with E-state index in [2.05, 4.69) is 34.1 Å². The van der Waals surface area contributed by atoms with Gasteiger partial charge < -0.3 is 15.1 Å². The third-order valence-electron chi connectivity index (χ3n) is 5.86. The molecule has 0 unspecified atom stereocenters. The van der Waals surface area contributed by atoms with Crippen LogP contribution in [0.15, 0.2) is 24.4 Å². The zero-order valence-corrected chi connectivity index (χ0v) is 20.2. The first-order valence-electron chi connectivity index (χ1n) is 11.3. The number of nitrogens with one attached hydrogen (secondary N) is 1. The van der Waals surface area contributed by atoms with Crippen molar-refractivity contribution < 1.29 is 9.59 Å². The second kappa shape index (κ2) is 9.81. The fourth-order valence-corrected chi connectivity index (χ4v) is 4.41. The van der Waals surface area contributed by atoms with Crippen molar-refractivity contribution in [2.45, 2.75) is 40.5 Å². The SMILES string of the molecule is Cc1cc(C)n(-c2ccc(C(=O)N3CCC(C(=O)NCC(C)(C)CN(C)C)CC3)cn2)n1. The van der Waals surface area contributed by atoms with Crippen LogP contribution in [0.3, 0.4) is 0 Å². The molecule has 1 N–H and O–H groups in total. The maximum absolute atomic E-state index is 12.9. The van der Waals surface area contributed by atoms with Crippen molar-refractivity contribution in [3.05, 3.63) is 41.3 Å². The van der Waals surface area contributed by atoms with Crippen LogP contribution < -0.4 is 5.32 Å². The molecule has 1 saturated heterocycles. The Morgan fingerprint density at radius 2 is 1.88 bits per heavy atom. The third-order valence-corrected chi connectivity index (χ3v) is 5.86. The average molecular weight is 441 g/mol. The number of likely N-dealkylation sites (tertiary alicyclic amines) is 1. The van der Waals surface area contributed by atoms with Crippen LogP contribution in [0.25, 0.3) is 5.82 Å². The molecule has 0 spiro atoms. The van der Waals surface area contributed by atoms with Crippen LogP contribution in [-0.2, 0) is 4.79 Å². The Labute approximate surface area is 191 Å². The van der Waals surface area contributed by atoms with Gasteiger partial charge in [-0.25, -0.2) is 9.67 Å². The number of aryl methyl sites for hydroxylation is 2. The van der Waals surface area contributed by atoms with E-state index in [-0.39, 0.29) is 23.1 Å². The lowest BCUT2D eigenvalue weighted by atomic mass is 9.91. The van der Waals surface area contributed by atoms with Crippen LogP contribution in [0.2, 0.25) is 0 Å². The lowest BCUT2D eigenvalue weighted by Crippen LogP contribution is -2.46. The number of nitrogens with zero attached hydrogens (tertiary/aromatic N) is 5. The van der Waals surface area contributed by atoms with Crippen molar-refractivity contribution in [3.63, 3.8) is 0 Å². The molecule has 8 nitrogen and oxygen atoms in total. The highest BCUT2D eigenvalue weighted by Gasteiger charge is 2.29. The minimum atomic E-state index is -0.0410. The first-order chi connectivity index (χ1) is 15.1. The lowest BCUT2D eigenvalue weighted by Gasteiger charge is -2.33. The molecule has 3 heterocycles. The Morgan fingerprint density at radius 1 is 1.19 bits per heavy atom. The van der Waals surface area contributed by atoms with Gasteiger partial charge in [0.25, 0.3) is 5.91 Å². The molecule has 0 saturated carbocycles. The van der Waals surface area contributed by atoms with Crippen molar-refractivity contribution in [3.8, 4) is 5.82 Å². The van der Waals surface area contributed by atoms with E-state index in [1.807, 2.05) is 45.0 Å². The van der Waals surface area contributed by atoms with Gasteiger partial charge in [0.2, 0.25) is 5.91 Å². The van der Waals surface area contributed by atoms with E-state index in [1.165, 1.54) is 0 Å². The minimum absolute atomic E-state index is 0.0163. The number of piperidine rings is 1. The molecule has 174 valence electrons. The Kier molecular flexibility index (Phi) is 7.33. The molecule has 1 fully saturated rings. The summed E-state index contributed by atoms with van der Waals surface area (Å²) in [5.74, 6) is 0.712. The summed E-state index contributed by atoms with van der Waals surface area (Å²) in [5.41, 5.74) is 2.50. The minimum Gasteiger partial charge on any atom is -0.355 e. The van der Waals surface area contributed by atoms with Gasteiger partial charge in [0.05, 0.1) is 11.3 Å². The van der Waals surface area contributed by atoms with Crippen LogP contribution in [0.1, 0.15) is 48.4 Å². The first-order valence-corrected chi connectivity index (χ1v) is 11.3. The van der Waals surface area contributed by atoms with E-state index < -0.39 is 0 Å². The second-order valence-electron chi connectivity index (χ2n) is 9.93. The molecule has 2 aromatic rings. The molecular weight excluding hydrogens is 404 g/mol. The summed E-state index contributed by atoms with van der Waals surface area (Å²) in [6.07, 6.45) is 2.98. The molecule has 2 amide bonds. The quantitative estimate of drug-likeness (QED) is 0.715. The van der Waals surface area contributed by atoms with E-state index in [0.29, 0.717) is 43.9 Å². The Morgan fingerprint density at radius 3 is 2.41 bits per heavy atom. The van der Waals surface area contributed by atoms with Gasteiger partial charge in [-0.3, -0.25) is 9.59 Å². The third kappa shape index (κ3) is 5.94. The summed E-state index contributed by atoms with van der Waals surface area (Å²) in [6, 6.07) is 5.61. The summed E-state index contributed by atoms with van der Waals surface area (Å²) in [6.45, 7) is 10.9. The Hall–Kier alpha value is -2.74. The van der Waals surface area contributed by atoms with Gasteiger partial charge in [-0.05, 0) is 64.4 Å². The van der Waals surface area contributed by atoms with Gasteiger partial charge >= 0.3 is 0 Å². The highest BCUT2D eigenvalue weighted by atomic mass is 16.2. The predicted octanol–water partition coefficient (Wildman–Crippen LogP) is 2.44. The summed E-state index contributed by atoms with van der Waals surface area (Å²) in [5, 5.41) is 7.55. The second-order valence-corrected chi connectivity index (χ2v) is 9.93. The van der Waals surface area contributed by atoms with Crippen LogP contribution >= 0.6 is 0 Å². The van der Waals surface area contributed by atoms with E-state index in [1.54, 1.807) is 16.9 Å². The van der Waals surface area contributed by atoms with Gasteiger partial charge in [0, 0.05) is 44.0 Å². The predicted molar refractivity (Wildman–Crippen MR) is 125 cm³/mol. The van der Waals surface area contributed by atoms with Gasteiger partial charge in [-0.15, -0.1) is 0 Å². The number of hydrogen-bond acceptors (Lipinski definition) is 5. The van der Waals surface area contributed by atoms with Gasteiger partial charge in [0.15, 0.2) is 5.82 Å². The van der Waals surface area contributed by atoms with E-state index in [0.717, 1.165) is 17.9 Å². The first kappa shape index (κ1) is 23.9. The summed E-state index contributed by atoms with van der Waals surface area (Å²) in [4.78, 5) is 33.9. The molecule has 1 aliphatic heterocycles. The fourth-order valence-electron chi connectivity index (χ4n) is 4.41. The maximum Gasteiger partial charge on any atom is 0.255 e. The number of amides is 2. The molecule has 32 heavy (non-hydrogen) atoms. The van der Waals surface area contributed by atoms with Gasteiger partial charge in [-0.1, -0.05) is 13.8 Å². The number of hydrogen-bond donors (Lipinski definition) is 1. The number of aromatic nitrogens is 3. The fraction of sp³-hybridized carbons (Fsp3) is 0.583. The molecule has 3 rings (SSSR count). The van der Waals surface area contributed by atoms with E-state index >= 15 is 0 Å².